The molecule has 1 saturated carbocycles. The van der Waals surface area contributed by atoms with Crippen LogP contribution in [0.4, 0.5) is 13.2 Å². The van der Waals surface area contributed by atoms with E-state index in [1.165, 1.54) is 12.1 Å². The van der Waals surface area contributed by atoms with Gasteiger partial charge < -0.3 is 4.74 Å². The summed E-state index contributed by atoms with van der Waals surface area (Å²) >= 11 is 0. The second-order valence-corrected chi connectivity index (χ2v) is 5.16. The molecule has 1 nitrogen and oxygen atoms in total. The van der Waals surface area contributed by atoms with Crippen molar-refractivity contribution in [3.63, 3.8) is 0 Å². The summed E-state index contributed by atoms with van der Waals surface area (Å²) in [7, 11) is 0. The molecule has 0 aliphatic heterocycles. The molecule has 0 atom stereocenters. The average Bonchev–Trinajstić information content (AvgIpc) is 3.08. The summed E-state index contributed by atoms with van der Waals surface area (Å²) in [6, 6.07) is 4.17. The van der Waals surface area contributed by atoms with Crippen molar-refractivity contribution in [2.24, 2.45) is 5.92 Å². The highest BCUT2D eigenvalue weighted by molar-refractivity contribution is 5.40. The average molecular weight is 258 g/mol. The fourth-order valence-electron chi connectivity index (χ4n) is 1.74. The zero-order valence-electron chi connectivity index (χ0n) is 10.6. The van der Waals surface area contributed by atoms with Gasteiger partial charge in [-0.05, 0) is 42.4 Å². The van der Waals surface area contributed by atoms with E-state index < -0.39 is 11.7 Å². The summed E-state index contributed by atoms with van der Waals surface area (Å²) < 4.78 is 43.9. The van der Waals surface area contributed by atoms with Crippen molar-refractivity contribution >= 4 is 0 Å². The number of halogens is 3. The van der Waals surface area contributed by atoms with Crippen LogP contribution in [0.15, 0.2) is 18.2 Å². The van der Waals surface area contributed by atoms with Gasteiger partial charge in [-0.1, -0.05) is 19.9 Å². The van der Waals surface area contributed by atoms with Gasteiger partial charge in [0.2, 0.25) is 0 Å². The van der Waals surface area contributed by atoms with E-state index in [0.717, 1.165) is 24.5 Å². The van der Waals surface area contributed by atoms with Gasteiger partial charge in [-0.3, -0.25) is 0 Å². The predicted octanol–water partition coefficient (Wildman–Crippen LogP) is 4.62. The molecule has 18 heavy (non-hydrogen) atoms. The van der Waals surface area contributed by atoms with Crippen molar-refractivity contribution in [1.82, 2.24) is 0 Å². The van der Waals surface area contributed by atoms with Crippen molar-refractivity contribution in [1.29, 1.82) is 0 Å². The third-order valence-electron chi connectivity index (χ3n) is 3.15. The molecular weight excluding hydrogens is 241 g/mol. The molecule has 0 spiro atoms. The maximum Gasteiger partial charge on any atom is 0.419 e. The highest BCUT2D eigenvalue weighted by Crippen LogP contribution is 2.39. The molecule has 2 rings (SSSR count). The molecule has 1 aliphatic rings. The molecule has 0 amide bonds. The predicted molar refractivity (Wildman–Crippen MR) is 63.8 cm³/mol. The summed E-state index contributed by atoms with van der Waals surface area (Å²) in [5, 5.41) is 0. The van der Waals surface area contributed by atoms with Crippen molar-refractivity contribution < 1.29 is 17.9 Å². The first kappa shape index (κ1) is 13.2. The molecule has 0 N–H and O–H groups in total. The van der Waals surface area contributed by atoms with Crippen LogP contribution in [0.3, 0.4) is 0 Å². The molecule has 0 radical (unpaired) electrons. The Balaban J connectivity index is 2.26. The summed E-state index contributed by atoms with van der Waals surface area (Å²) in [6.07, 6.45) is -2.23. The maximum absolute atomic E-state index is 12.8. The lowest BCUT2D eigenvalue weighted by molar-refractivity contribution is -0.139. The normalized spacial score (nSPS) is 16.1. The Kier molecular flexibility index (Phi) is 3.55. The summed E-state index contributed by atoms with van der Waals surface area (Å²) in [4.78, 5) is 0. The van der Waals surface area contributed by atoms with Gasteiger partial charge in [-0.15, -0.1) is 0 Å². The Morgan fingerprint density at radius 3 is 2.44 bits per heavy atom. The van der Waals surface area contributed by atoms with E-state index in [4.69, 9.17) is 4.74 Å². The van der Waals surface area contributed by atoms with E-state index in [9.17, 15) is 13.2 Å². The molecular formula is C14H17F3O. The van der Waals surface area contributed by atoms with Crippen LogP contribution in [-0.4, -0.2) is 6.61 Å². The Hall–Kier alpha value is -1.19. The number of rotatable bonds is 4. The van der Waals surface area contributed by atoms with Crippen LogP contribution in [0.1, 0.15) is 43.7 Å². The van der Waals surface area contributed by atoms with Crippen LogP contribution in [0, 0.1) is 5.92 Å². The van der Waals surface area contributed by atoms with Gasteiger partial charge in [0.15, 0.2) is 0 Å². The molecule has 4 heteroatoms. The van der Waals surface area contributed by atoms with E-state index >= 15 is 0 Å². The topological polar surface area (TPSA) is 9.23 Å². The standard InChI is InChI=1S/C14H17F3O/c1-9(2)11-5-6-12(14(15,16)17)13(7-11)18-8-10-3-4-10/h5-7,9-10H,3-4,8H2,1-2H3. The van der Waals surface area contributed by atoms with E-state index in [-0.39, 0.29) is 11.7 Å². The largest absolute Gasteiger partial charge is 0.493 e. The molecule has 0 heterocycles. The maximum atomic E-state index is 12.8. The minimum atomic E-state index is -4.35. The molecule has 1 aromatic carbocycles. The van der Waals surface area contributed by atoms with Crippen molar-refractivity contribution in [3.05, 3.63) is 29.3 Å². The summed E-state index contributed by atoms with van der Waals surface area (Å²) in [5.41, 5.74) is 0.196. The van der Waals surface area contributed by atoms with Crippen molar-refractivity contribution in [2.45, 2.75) is 38.8 Å². The van der Waals surface area contributed by atoms with Crippen LogP contribution in [-0.2, 0) is 6.18 Å². The molecule has 1 aromatic rings. The first-order valence-electron chi connectivity index (χ1n) is 6.22. The second-order valence-electron chi connectivity index (χ2n) is 5.16. The molecule has 0 unspecified atom stereocenters. The first-order valence-corrected chi connectivity index (χ1v) is 6.22. The third kappa shape index (κ3) is 3.18. The summed E-state index contributed by atoms with van der Waals surface area (Å²) in [5.74, 6) is 0.602. The first-order chi connectivity index (χ1) is 8.38. The van der Waals surface area contributed by atoms with Crippen LogP contribution in [0.5, 0.6) is 5.75 Å². The highest BCUT2D eigenvalue weighted by Gasteiger charge is 2.35. The minimum Gasteiger partial charge on any atom is -0.493 e. The SMILES string of the molecule is CC(C)c1ccc(C(F)(F)F)c(OCC2CC2)c1. The lowest BCUT2D eigenvalue weighted by atomic mass is 10.0. The zero-order chi connectivity index (χ0) is 13.3. The number of hydrogen-bond acceptors (Lipinski definition) is 1. The molecule has 0 bridgehead atoms. The quantitative estimate of drug-likeness (QED) is 0.765. The Morgan fingerprint density at radius 2 is 1.94 bits per heavy atom. The van der Waals surface area contributed by atoms with Gasteiger partial charge in [0.1, 0.15) is 5.75 Å². The van der Waals surface area contributed by atoms with Gasteiger partial charge in [0.25, 0.3) is 0 Å². The Morgan fingerprint density at radius 1 is 1.28 bits per heavy atom. The van der Waals surface area contributed by atoms with Crippen LogP contribution in [0.25, 0.3) is 0 Å². The van der Waals surface area contributed by atoms with Gasteiger partial charge in [-0.2, -0.15) is 13.2 Å². The smallest absolute Gasteiger partial charge is 0.419 e. The minimum absolute atomic E-state index is 0.0272. The van der Waals surface area contributed by atoms with Crippen LogP contribution in [0.2, 0.25) is 0 Å². The van der Waals surface area contributed by atoms with Crippen LogP contribution >= 0.6 is 0 Å². The van der Waals surface area contributed by atoms with Gasteiger partial charge >= 0.3 is 6.18 Å². The molecule has 1 aliphatic carbocycles. The van der Waals surface area contributed by atoms with Gasteiger partial charge in [-0.25, -0.2) is 0 Å². The fourth-order valence-corrected chi connectivity index (χ4v) is 1.74. The number of alkyl halides is 3. The molecule has 1 fully saturated rings. The Labute approximate surface area is 105 Å². The number of ether oxygens (including phenoxy) is 1. The third-order valence-corrected chi connectivity index (χ3v) is 3.15. The fraction of sp³-hybridized carbons (Fsp3) is 0.571. The van der Waals surface area contributed by atoms with Crippen LogP contribution < -0.4 is 4.74 Å². The zero-order valence-corrected chi connectivity index (χ0v) is 10.6. The molecule has 100 valence electrons. The van der Waals surface area contributed by atoms with Crippen molar-refractivity contribution in [3.8, 4) is 5.75 Å². The summed E-state index contributed by atoms with van der Waals surface area (Å²) in [6.45, 7) is 4.30. The lowest BCUT2D eigenvalue weighted by Gasteiger charge is -2.16. The highest BCUT2D eigenvalue weighted by atomic mass is 19.4. The second kappa shape index (κ2) is 4.82. The van der Waals surface area contributed by atoms with E-state index in [1.807, 2.05) is 13.8 Å². The number of benzene rings is 1. The van der Waals surface area contributed by atoms with Gasteiger partial charge in [0, 0.05) is 0 Å². The van der Waals surface area contributed by atoms with Gasteiger partial charge in [0.05, 0.1) is 12.2 Å². The van der Waals surface area contributed by atoms with E-state index in [1.54, 1.807) is 0 Å². The van der Waals surface area contributed by atoms with Crippen molar-refractivity contribution in [2.75, 3.05) is 6.61 Å². The van der Waals surface area contributed by atoms with E-state index in [2.05, 4.69) is 0 Å². The van der Waals surface area contributed by atoms with E-state index in [0.29, 0.717) is 12.5 Å². The number of hydrogen-bond donors (Lipinski definition) is 0. The monoisotopic (exact) mass is 258 g/mol. The lowest BCUT2D eigenvalue weighted by Crippen LogP contribution is -2.10. The molecule has 0 saturated heterocycles. The molecule has 0 aromatic heterocycles. The Bertz CT molecular complexity index is 420.